The Hall–Kier alpha value is -2.19. The average molecular weight is 405 g/mol. The molecule has 0 radical (unpaired) electrons. The third kappa shape index (κ3) is 7.09. The van der Waals surface area contributed by atoms with Crippen molar-refractivity contribution in [1.82, 2.24) is 15.3 Å². The highest BCUT2D eigenvalue weighted by atomic mass is 32.1. The first kappa shape index (κ1) is 22.1. The first-order valence-corrected chi connectivity index (χ1v) is 10.8. The molecule has 7 nitrogen and oxygen atoms in total. The van der Waals surface area contributed by atoms with Crippen LogP contribution in [0.5, 0.6) is 5.88 Å². The molecule has 28 heavy (non-hydrogen) atoms. The zero-order chi connectivity index (χ0) is 20.2. The van der Waals surface area contributed by atoms with E-state index in [-0.39, 0.29) is 0 Å². The minimum Gasteiger partial charge on any atom is -0.476 e. The van der Waals surface area contributed by atoms with Crippen molar-refractivity contribution in [1.29, 1.82) is 0 Å². The maximum Gasteiger partial charge on any atom is 0.229 e. The van der Waals surface area contributed by atoms with Crippen LogP contribution in [0.2, 0.25) is 0 Å². The van der Waals surface area contributed by atoms with E-state index in [1.165, 1.54) is 4.88 Å². The van der Waals surface area contributed by atoms with Crippen LogP contribution in [-0.4, -0.2) is 49.5 Å². The highest BCUT2D eigenvalue weighted by Gasteiger charge is 2.11. The second-order valence-electron chi connectivity index (χ2n) is 6.36. The van der Waals surface area contributed by atoms with Gasteiger partial charge in [0.05, 0.1) is 11.9 Å². The molecule has 8 heteroatoms. The van der Waals surface area contributed by atoms with Crippen LogP contribution in [0.4, 0.5) is 10.9 Å². The van der Waals surface area contributed by atoms with Crippen molar-refractivity contribution in [2.45, 2.75) is 40.0 Å². The Labute approximate surface area is 172 Å². The first-order valence-electron chi connectivity index (χ1n) is 9.99. The van der Waals surface area contributed by atoms with Gasteiger partial charge in [0, 0.05) is 30.6 Å². The molecule has 0 unspecified atom stereocenters. The zero-order valence-electron chi connectivity index (χ0n) is 17.4. The Balaban J connectivity index is 2.18. The lowest BCUT2D eigenvalue weighted by Gasteiger charge is -2.22. The zero-order valence-corrected chi connectivity index (χ0v) is 18.2. The van der Waals surface area contributed by atoms with Gasteiger partial charge in [0.1, 0.15) is 11.6 Å². The minimum absolute atomic E-state index is 0.554. The van der Waals surface area contributed by atoms with Crippen LogP contribution < -0.4 is 20.4 Å². The third-order valence-electron chi connectivity index (χ3n) is 3.96. The van der Waals surface area contributed by atoms with Crippen LogP contribution in [0, 0.1) is 0 Å². The number of aryl methyl sites for hydroxylation is 1. The third-order valence-corrected chi connectivity index (χ3v) is 5.10. The van der Waals surface area contributed by atoms with Crippen molar-refractivity contribution in [2.75, 3.05) is 43.6 Å². The van der Waals surface area contributed by atoms with Crippen molar-refractivity contribution in [3.8, 4) is 5.88 Å². The molecule has 0 aliphatic heterocycles. The van der Waals surface area contributed by atoms with Gasteiger partial charge >= 0.3 is 0 Å². The molecule has 2 heterocycles. The molecule has 0 saturated heterocycles. The molecule has 0 bridgehead atoms. The molecule has 0 saturated carbocycles. The van der Waals surface area contributed by atoms with Crippen molar-refractivity contribution in [3.05, 3.63) is 28.8 Å². The Morgan fingerprint density at radius 3 is 2.61 bits per heavy atom. The number of hydrogen-bond donors (Lipinski definition) is 2. The lowest BCUT2D eigenvalue weighted by molar-refractivity contribution is 0.306. The second-order valence-corrected chi connectivity index (χ2v) is 7.53. The molecule has 0 atom stereocenters. The topological polar surface area (TPSA) is 74.7 Å². The fourth-order valence-electron chi connectivity index (χ4n) is 2.61. The van der Waals surface area contributed by atoms with Gasteiger partial charge in [-0.25, -0.2) is 4.98 Å². The monoisotopic (exact) mass is 404 g/mol. The summed E-state index contributed by atoms with van der Waals surface area (Å²) in [5, 5.41) is 8.44. The summed E-state index contributed by atoms with van der Waals surface area (Å²) >= 11 is 1.71. The maximum absolute atomic E-state index is 5.80. The van der Waals surface area contributed by atoms with Gasteiger partial charge < -0.3 is 15.0 Å². The van der Waals surface area contributed by atoms with Gasteiger partial charge in [0.2, 0.25) is 11.8 Å². The molecular formula is C20H32N6OS. The predicted molar refractivity (Wildman–Crippen MR) is 119 cm³/mol. The SMILES string of the molecule is CCCN(CCC)c1nc(/C=N/Nc2ccc(CC)s2)cc(OCCNC)n1. The van der Waals surface area contributed by atoms with Gasteiger partial charge in [0.25, 0.3) is 0 Å². The predicted octanol–water partition coefficient (Wildman–Crippen LogP) is 3.77. The molecule has 0 amide bonds. The second kappa shape index (κ2) is 12.3. The van der Waals surface area contributed by atoms with E-state index in [0.717, 1.165) is 49.6 Å². The lowest BCUT2D eigenvalue weighted by Crippen LogP contribution is -2.27. The number of ether oxygens (including phenoxy) is 1. The average Bonchev–Trinajstić information content (AvgIpc) is 3.16. The number of hydrazone groups is 1. The largest absolute Gasteiger partial charge is 0.476 e. The number of aromatic nitrogens is 2. The molecule has 0 fully saturated rings. The van der Waals surface area contributed by atoms with Crippen LogP contribution in [0.3, 0.4) is 0 Å². The van der Waals surface area contributed by atoms with E-state index in [1.807, 2.05) is 19.2 Å². The van der Waals surface area contributed by atoms with E-state index in [1.54, 1.807) is 17.6 Å². The first-order chi connectivity index (χ1) is 13.7. The fourth-order valence-corrected chi connectivity index (χ4v) is 3.41. The van der Waals surface area contributed by atoms with E-state index in [2.05, 4.69) is 57.5 Å². The summed E-state index contributed by atoms with van der Waals surface area (Å²) < 4.78 is 5.80. The van der Waals surface area contributed by atoms with Gasteiger partial charge in [-0.15, -0.1) is 11.3 Å². The van der Waals surface area contributed by atoms with E-state index < -0.39 is 0 Å². The number of hydrogen-bond acceptors (Lipinski definition) is 8. The Morgan fingerprint density at radius 2 is 1.96 bits per heavy atom. The molecule has 0 aliphatic rings. The number of anilines is 2. The van der Waals surface area contributed by atoms with E-state index in [4.69, 9.17) is 4.74 Å². The summed E-state index contributed by atoms with van der Waals surface area (Å²) in [7, 11) is 1.90. The highest BCUT2D eigenvalue weighted by Crippen LogP contribution is 2.22. The normalized spacial score (nSPS) is 11.1. The van der Waals surface area contributed by atoms with Gasteiger partial charge in [-0.2, -0.15) is 10.1 Å². The Kier molecular flexibility index (Phi) is 9.71. The van der Waals surface area contributed by atoms with Gasteiger partial charge in [-0.3, -0.25) is 5.43 Å². The number of likely N-dealkylation sites (N-methyl/N-ethyl adjacent to an activating group) is 1. The smallest absolute Gasteiger partial charge is 0.229 e. The number of thiophene rings is 1. The van der Waals surface area contributed by atoms with Crippen LogP contribution in [0.1, 0.15) is 44.2 Å². The summed E-state index contributed by atoms with van der Waals surface area (Å²) in [4.78, 5) is 12.8. The summed E-state index contributed by atoms with van der Waals surface area (Å²) in [5.74, 6) is 1.26. The summed E-state index contributed by atoms with van der Waals surface area (Å²) in [5.41, 5.74) is 3.81. The summed E-state index contributed by atoms with van der Waals surface area (Å²) in [6, 6.07) is 5.99. The molecule has 2 rings (SSSR count). The Bertz CT molecular complexity index is 727. The standard InChI is InChI=1S/C20H32N6OS/c1-5-11-26(12-6-2)20-23-16(14-18(24-20)27-13-10-21-4)15-22-25-19-9-8-17(7-3)28-19/h8-9,14-15,21,25H,5-7,10-13H2,1-4H3/b22-15+. The van der Waals surface area contributed by atoms with Crippen molar-refractivity contribution >= 4 is 28.5 Å². The quantitative estimate of drug-likeness (QED) is 0.301. The molecule has 0 aromatic carbocycles. The summed E-state index contributed by atoms with van der Waals surface area (Å²) in [6.07, 6.45) is 4.83. The molecular weight excluding hydrogens is 372 g/mol. The van der Waals surface area contributed by atoms with Crippen molar-refractivity contribution in [3.63, 3.8) is 0 Å². The number of rotatable bonds is 13. The van der Waals surface area contributed by atoms with Crippen molar-refractivity contribution in [2.24, 2.45) is 5.10 Å². The molecule has 0 aliphatic carbocycles. The van der Waals surface area contributed by atoms with E-state index in [9.17, 15) is 0 Å². The van der Waals surface area contributed by atoms with Gasteiger partial charge in [0.15, 0.2) is 0 Å². The lowest BCUT2D eigenvalue weighted by atomic mass is 10.3. The van der Waals surface area contributed by atoms with Gasteiger partial charge in [-0.1, -0.05) is 20.8 Å². The van der Waals surface area contributed by atoms with Crippen LogP contribution in [0.15, 0.2) is 23.3 Å². The Morgan fingerprint density at radius 1 is 1.18 bits per heavy atom. The summed E-state index contributed by atoms with van der Waals surface area (Å²) in [6.45, 7) is 9.61. The number of nitrogens with zero attached hydrogens (tertiary/aromatic N) is 4. The van der Waals surface area contributed by atoms with Crippen molar-refractivity contribution < 1.29 is 4.74 Å². The molecule has 2 aromatic heterocycles. The fraction of sp³-hybridized carbons (Fsp3) is 0.550. The maximum atomic E-state index is 5.80. The van der Waals surface area contributed by atoms with Crippen LogP contribution in [-0.2, 0) is 6.42 Å². The van der Waals surface area contributed by atoms with Crippen LogP contribution >= 0.6 is 11.3 Å². The minimum atomic E-state index is 0.554. The highest BCUT2D eigenvalue weighted by molar-refractivity contribution is 7.16. The molecule has 2 aromatic rings. The van der Waals surface area contributed by atoms with E-state index in [0.29, 0.717) is 18.4 Å². The number of nitrogens with one attached hydrogen (secondary N) is 2. The molecule has 0 spiro atoms. The molecule has 2 N–H and O–H groups in total. The van der Waals surface area contributed by atoms with Crippen LogP contribution in [0.25, 0.3) is 0 Å². The van der Waals surface area contributed by atoms with E-state index >= 15 is 0 Å². The molecule has 154 valence electrons. The van der Waals surface area contributed by atoms with Gasteiger partial charge in [-0.05, 0) is 38.4 Å².